The molecule has 1 aromatic carbocycles. The Morgan fingerprint density at radius 3 is 2.54 bits per heavy atom. The van der Waals surface area contributed by atoms with E-state index < -0.39 is 22.9 Å². The number of alkyl halides is 3. The predicted molar refractivity (Wildman–Crippen MR) is 89.6 cm³/mol. The summed E-state index contributed by atoms with van der Waals surface area (Å²) in [5.74, 6) is -0.0812. The first kappa shape index (κ1) is 18.9. The maximum absolute atomic E-state index is 12.9. The van der Waals surface area contributed by atoms with Crippen molar-refractivity contribution >= 4 is 46.7 Å². The second-order valence-electron chi connectivity index (χ2n) is 4.75. The summed E-state index contributed by atoms with van der Waals surface area (Å²) in [6.07, 6.45) is -3.17. The molecule has 0 aliphatic carbocycles. The first-order valence-corrected chi connectivity index (χ1v) is 8.26. The fraction of sp³-hybridized carbons (Fsp3) is 0.200. The Morgan fingerprint density at radius 2 is 1.96 bits per heavy atom. The molecule has 2 aromatic rings. The Bertz CT molecular complexity index is 738. The molecule has 0 bridgehead atoms. The van der Waals surface area contributed by atoms with E-state index >= 15 is 0 Å². The van der Waals surface area contributed by atoms with Crippen LogP contribution in [0.1, 0.15) is 12.5 Å². The van der Waals surface area contributed by atoms with Gasteiger partial charge in [-0.25, -0.2) is 4.98 Å². The SMILES string of the molecule is C[C@H](Sc1ccc(Cl)c(C(F)(F)F)c1)C(=O)Nc1ccc(Cl)cn1. The second-order valence-corrected chi connectivity index (χ2v) is 7.01. The molecule has 24 heavy (non-hydrogen) atoms. The average molecular weight is 395 g/mol. The van der Waals surface area contributed by atoms with E-state index in [4.69, 9.17) is 23.2 Å². The van der Waals surface area contributed by atoms with Gasteiger partial charge in [-0.1, -0.05) is 23.2 Å². The van der Waals surface area contributed by atoms with Crippen molar-refractivity contribution in [2.45, 2.75) is 23.2 Å². The second kappa shape index (κ2) is 7.63. The molecule has 9 heteroatoms. The minimum absolute atomic E-state index is 0.290. The Labute approximate surface area is 150 Å². The number of carbonyl (C=O) groups excluding carboxylic acids is 1. The molecular weight excluding hydrogens is 384 g/mol. The van der Waals surface area contributed by atoms with Crippen molar-refractivity contribution in [3.8, 4) is 0 Å². The van der Waals surface area contributed by atoms with Crippen LogP contribution < -0.4 is 5.32 Å². The van der Waals surface area contributed by atoms with Gasteiger partial charge < -0.3 is 5.32 Å². The van der Waals surface area contributed by atoms with Crippen molar-refractivity contribution in [1.29, 1.82) is 0 Å². The average Bonchev–Trinajstić information content (AvgIpc) is 2.50. The summed E-state index contributed by atoms with van der Waals surface area (Å²) in [6.45, 7) is 1.58. The number of nitrogens with zero attached hydrogens (tertiary/aromatic N) is 1. The number of rotatable bonds is 4. The molecule has 1 atom stereocenters. The van der Waals surface area contributed by atoms with E-state index in [0.717, 1.165) is 23.9 Å². The fourth-order valence-corrected chi connectivity index (χ4v) is 2.97. The van der Waals surface area contributed by atoms with Crippen molar-refractivity contribution in [2.75, 3.05) is 5.32 Å². The smallest absolute Gasteiger partial charge is 0.310 e. The van der Waals surface area contributed by atoms with Crippen molar-refractivity contribution in [1.82, 2.24) is 4.98 Å². The summed E-state index contributed by atoms with van der Waals surface area (Å²) in [4.78, 5) is 16.3. The van der Waals surface area contributed by atoms with Gasteiger partial charge in [0.1, 0.15) is 5.82 Å². The molecule has 1 amide bonds. The number of thioether (sulfide) groups is 1. The monoisotopic (exact) mass is 394 g/mol. The van der Waals surface area contributed by atoms with Gasteiger partial charge in [0.2, 0.25) is 5.91 Å². The summed E-state index contributed by atoms with van der Waals surface area (Å²) in [6, 6.07) is 6.63. The zero-order chi connectivity index (χ0) is 17.9. The molecular formula is C15H11Cl2F3N2OS. The van der Waals surface area contributed by atoms with Crippen LogP contribution in [0.3, 0.4) is 0 Å². The highest BCUT2D eigenvalue weighted by Gasteiger charge is 2.33. The lowest BCUT2D eigenvalue weighted by Crippen LogP contribution is -2.22. The number of hydrogen-bond donors (Lipinski definition) is 1. The molecule has 0 spiro atoms. The van der Waals surface area contributed by atoms with Crippen LogP contribution in [0.2, 0.25) is 10.0 Å². The molecule has 1 aromatic heterocycles. The molecule has 0 unspecified atom stereocenters. The lowest BCUT2D eigenvalue weighted by Gasteiger charge is -2.14. The first-order chi connectivity index (χ1) is 11.2. The number of pyridine rings is 1. The number of amides is 1. The Morgan fingerprint density at radius 1 is 1.25 bits per heavy atom. The molecule has 0 saturated heterocycles. The van der Waals surface area contributed by atoms with Gasteiger partial charge >= 0.3 is 6.18 Å². The molecule has 0 fully saturated rings. The third-order valence-electron chi connectivity index (χ3n) is 2.90. The van der Waals surface area contributed by atoms with Gasteiger partial charge in [-0.05, 0) is 37.3 Å². The van der Waals surface area contributed by atoms with E-state index in [-0.39, 0.29) is 5.02 Å². The maximum atomic E-state index is 12.9. The molecule has 0 aliphatic heterocycles. The molecule has 1 heterocycles. The summed E-state index contributed by atoms with van der Waals surface area (Å²) < 4.78 is 38.6. The number of hydrogen-bond acceptors (Lipinski definition) is 3. The molecule has 3 nitrogen and oxygen atoms in total. The largest absolute Gasteiger partial charge is 0.417 e. The van der Waals surface area contributed by atoms with Gasteiger partial charge in [0, 0.05) is 11.1 Å². The Kier molecular flexibility index (Phi) is 6.01. The van der Waals surface area contributed by atoms with E-state index in [1.54, 1.807) is 13.0 Å². The maximum Gasteiger partial charge on any atom is 0.417 e. The van der Waals surface area contributed by atoms with E-state index in [1.165, 1.54) is 18.3 Å². The van der Waals surface area contributed by atoms with E-state index in [2.05, 4.69) is 10.3 Å². The van der Waals surface area contributed by atoms with Crippen LogP contribution in [-0.2, 0) is 11.0 Å². The van der Waals surface area contributed by atoms with Crippen LogP contribution in [0.25, 0.3) is 0 Å². The number of halogens is 5. The lowest BCUT2D eigenvalue weighted by molar-refractivity contribution is -0.137. The molecule has 1 N–H and O–H groups in total. The summed E-state index contributed by atoms with van der Waals surface area (Å²) in [7, 11) is 0. The van der Waals surface area contributed by atoms with E-state index in [0.29, 0.717) is 15.7 Å². The highest BCUT2D eigenvalue weighted by Crippen LogP contribution is 2.37. The minimum Gasteiger partial charge on any atom is -0.310 e. The van der Waals surface area contributed by atoms with Gasteiger partial charge in [-0.2, -0.15) is 13.2 Å². The first-order valence-electron chi connectivity index (χ1n) is 6.62. The highest BCUT2D eigenvalue weighted by molar-refractivity contribution is 8.00. The third-order valence-corrected chi connectivity index (χ3v) is 4.55. The topological polar surface area (TPSA) is 42.0 Å². The van der Waals surface area contributed by atoms with Gasteiger partial charge in [-0.3, -0.25) is 4.79 Å². The number of carbonyl (C=O) groups is 1. The van der Waals surface area contributed by atoms with Gasteiger partial charge in [0.15, 0.2) is 0 Å². The number of aromatic nitrogens is 1. The third kappa shape index (κ3) is 5.03. The van der Waals surface area contributed by atoms with Gasteiger partial charge in [-0.15, -0.1) is 11.8 Å². The van der Waals surface area contributed by atoms with E-state index in [1.807, 2.05) is 0 Å². The van der Waals surface area contributed by atoms with Crippen molar-refractivity contribution in [3.63, 3.8) is 0 Å². The van der Waals surface area contributed by atoms with Gasteiger partial charge in [0.05, 0.1) is 20.9 Å². The fourth-order valence-electron chi connectivity index (χ4n) is 1.73. The Hall–Kier alpha value is -1.44. The van der Waals surface area contributed by atoms with Crippen molar-refractivity contribution < 1.29 is 18.0 Å². The van der Waals surface area contributed by atoms with E-state index in [9.17, 15) is 18.0 Å². The lowest BCUT2D eigenvalue weighted by atomic mass is 10.2. The summed E-state index contributed by atoms with van der Waals surface area (Å²) in [5, 5.41) is 1.98. The number of nitrogens with one attached hydrogen (secondary N) is 1. The van der Waals surface area contributed by atoms with Crippen LogP contribution in [0.5, 0.6) is 0 Å². The van der Waals surface area contributed by atoms with Crippen molar-refractivity contribution in [3.05, 3.63) is 52.1 Å². The zero-order valence-electron chi connectivity index (χ0n) is 12.2. The quantitative estimate of drug-likeness (QED) is 0.693. The van der Waals surface area contributed by atoms with Crippen LogP contribution in [0, 0.1) is 0 Å². The summed E-state index contributed by atoms with van der Waals surface area (Å²) >= 11 is 12.3. The van der Waals surface area contributed by atoms with Gasteiger partial charge in [0.25, 0.3) is 0 Å². The molecule has 0 aliphatic rings. The van der Waals surface area contributed by atoms with Crippen LogP contribution >= 0.6 is 35.0 Å². The standard InChI is InChI=1S/C15H11Cl2F3N2OS/c1-8(14(23)22-13-5-2-9(16)7-21-13)24-10-3-4-12(17)11(6-10)15(18,19)20/h2-8H,1H3,(H,21,22,23)/t8-/m0/s1. The normalized spacial score (nSPS) is 12.8. The molecule has 128 valence electrons. The molecule has 0 saturated carbocycles. The zero-order valence-corrected chi connectivity index (χ0v) is 14.5. The van der Waals surface area contributed by atoms with Crippen molar-refractivity contribution in [2.24, 2.45) is 0 Å². The predicted octanol–water partition coefficient (Wildman–Crippen LogP) is 5.53. The molecule has 0 radical (unpaired) electrons. The minimum atomic E-state index is -4.55. The highest BCUT2D eigenvalue weighted by atomic mass is 35.5. The van der Waals surface area contributed by atoms with Crippen LogP contribution in [-0.4, -0.2) is 16.1 Å². The van der Waals surface area contributed by atoms with Crippen LogP contribution in [0.4, 0.5) is 19.0 Å². The number of benzene rings is 1. The number of anilines is 1. The summed E-state index contributed by atoms with van der Waals surface area (Å²) in [5.41, 5.74) is -0.929. The van der Waals surface area contributed by atoms with Crippen LogP contribution in [0.15, 0.2) is 41.4 Å². The molecule has 2 rings (SSSR count). The Balaban J connectivity index is 2.07.